The van der Waals surface area contributed by atoms with Gasteiger partial charge in [-0.25, -0.2) is 0 Å². The van der Waals surface area contributed by atoms with Gasteiger partial charge in [-0.2, -0.15) is 5.26 Å². The third-order valence-corrected chi connectivity index (χ3v) is 2.95. The first-order valence-electron chi connectivity index (χ1n) is 5.42. The van der Waals surface area contributed by atoms with E-state index in [-0.39, 0.29) is 5.92 Å². The summed E-state index contributed by atoms with van der Waals surface area (Å²) in [5, 5.41) is 8.86. The summed E-state index contributed by atoms with van der Waals surface area (Å²) in [6.07, 6.45) is 4.32. The average Bonchev–Trinajstić information content (AvgIpc) is 2.69. The lowest BCUT2D eigenvalue weighted by molar-refractivity contribution is 0.198. The number of nitrogens with zero attached hydrogens (tertiary/aromatic N) is 3. The van der Waals surface area contributed by atoms with Gasteiger partial charge in [0.1, 0.15) is 12.4 Å². The fourth-order valence-corrected chi connectivity index (χ4v) is 1.99. The van der Waals surface area contributed by atoms with Crippen molar-refractivity contribution in [2.24, 2.45) is 5.92 Å². The van der Waals surface area contributed by atoms with E-state index in [1.54, 1.807) is 12.4 Å². The summed E-state index contributed by atoms with van der Waals surface area (Å²) >= 11 is 0. The first kappa shape index (κ1) is 10.9. The molecule has 1 aromatic rings. The smallest absolute Gasteiger partial charge is 0.137 e. The Morgan fingerprint density at radius 2 is 2.56 bits per heavy atom. The van der Waals surface area contributed by atoms with Crippen LogP contribution in [-0.4, -0.2) is 36.1 Å². The normalized spacial score (nSPS) is 25.2. The molecule has 0 radical (unpaired) electrons. The molecule has 1 saturated heterocycles. The van der Waals surface area contributed by atoms with Crippen molar-refractivity contribution in [1.29, 1.82) is 5.26 Å². The second-order valence-corrected chi connectivity index (χ2v) is 4.15. The summed E-state index contributed by atoms with van der Waals surface area (Å²) in [6.45, 7) is 1.47. The van der Waals surface area contributed by atoms with Crippen molar-refractivity contribution >= 4 is 0 Å². The number of hydrogen-bond donors (Lipinski definition) is 0. The van der Waals surface area contributed by atoms with Crippen LogP contribution < -0.4 is 4.74 Å². The second kappa shape index (κ2) is 4.95. The van der Waals surface area contributed by atoms with Crippen LogP contribution in [0.4, 0.5) is 0 Å². The van der Waals surface area contributed by atoms with Crippen LogP contribution in [0, 0.1) is 17.2 Å². The van der Waals surface area contributed by atoms with Gasteiger partial charge in [-0.15, -0.1) is 0 Å². The molecule has 0 aliphatic carbocycles. The molecular formula is C12H15N3O. The number of nitriles is 1. The first-order chi connectivity index (χ1) is 7.79. The van der Waals surface area contributed by atoms with E-state index in [4.69, 9.17) is 10.00 Å². The molecule has 4 nitrogen and oxygen atoms in total. The fraction of sp³-hybridized carbons (Fsp3) is 0.500. The SMILES string of the molecule is CN1C[C@@H](C#N)C[C@H]1COc1cccnc1. The Labute approximate surface area is 95.5 Å². The van der Waals surface area contributed by atoms with E-state index in [0.29, 0.717) is 12.6 Å². The molecule has 0 spiro atoms. The van der Waals surface area contributed by atoms with E-state index in [1.165, 1.54) is 0 Å². The minimum atomic E-state index is 0.146. The predicted molar refractivity (Wildman–Crippen MR) is 59.9 cm³/mol. The number of hydrogen-bond acceptors (Lipinski definition) is 4. The van der Waals surface area contributed by atoms with Crippen LogP contribution in [-0.2, 0) is 0 Å². The molecular weight excluding hydrogens is 202 g/mol. The fourth-order valence-electron chi connectivity index (χ4n) is 1.99. The van der Waals surface area contributed by atoms with Gasteiger partial charge in [0.15, 0.2) is 0 Å². The Hall–Kier alpha value is -1.60. The minimum Gasteiger partial charge on any atom is -0.490 e. The van der Waals surface area contributed by atoms with E-state index < -0.39 is 0 Å². The lowest BCUT2D eigenvalue weighted by Crippen LogP contribution is -2.30. The van der Waals surface area contributed by atoms with E-state index in [9.17, 15) is 0 Å². The largest absolute Gasteiger partial charge is 0.490 e. The number of ether oxygens (including phenoxy) is 1. The van der Waals surface area contributed by atoms with Crippen LogP contribution >= 0.6 is 0 Å². The maximum atomic E-state index is 8.86. The van der Waals surface area contributed by atoms with Crippen molar-refractivity contribution in [3.05, 3.63) is 24.5 Å². The van der Waals surface area contributed by atoms with Gasteiger partial charge in [-0.3, -0.25) is 9.88 Å². The van der Waals surface area contributed by atoms with Crippen LogP contribution in [0.25, 0.3) is 0 Å². The molecule has 2 atom stereocenters. The Kier molecular flexibility index (Phi) is 3.37. The highest BCUT2D eigenvalue weighted by Gasteiger charge is 2.29. The van der Waals surface area contributed by atoms with Crippen molar-refractivity contribution < 1.29 is 4.74 Å². The van der Waals surface area contributed by atoms with E-state index in [2.05, 4.69) is 16.0 Å². The molecule has 0 bridgehead atoms. The zero-order chi connectivity index (χ0) is 11.4. The maximum absolute atomic E-state index is 8.86. The molecule has 0 aromatic carbocycles. The summed E-state index contributed by atoms with van der Waals surface area (Å²) in [5.74, 6) is 0.934. The molecule has 16 heavy (non-hydrogen) atoms. The summed E-state index contributed by atoms with van der Waals surface area (Å²) in [5.41, 5.74) is 0. The highest BCUT2D eigenvalue weighted by atomic mass is 16.5. The second-order valence-electron chi connectivity index (χ2n) is 4.15. The van der Waals surface area contributed by atoms with Crippen molar-refractivity contribution in [3.63, 3.8) is 0 Å². The molecule has 1 aliphatic heterocycles. The zero-order valence-electron chi connectivity index (χ0n) is 9.34. The molecule has 2 heterocycles. The Balaban J connectivity index is 1.85. The van der Waals surface area contributed by atoms with Crippen molar-refractivity contribution in [3.8, 4) is 11.8 Å². The number of likely N-dealkylation sites (N-methyl/N-ethyl adjacent to an activating group) is 1. The molecule has 1 aromatic heterocycles. The van der Waals surface area contributed by atoms with Crippen molar-refractivity contribution in [2.75, 3.05) is 20.2 Å². The molecule has 1 aliphatic rings. The topological polar surface area (TPSA) is 49.2 Å². The van der Waals surface area contributed by atoms with Crippen LogP contribution in [0.1, 0.15) is 6.42 Å². The van der Waals surface area contributed by atoms with Gasteiger partial charge in [0.2, 0.25) is 0 Å². The molecule has 1 fully saturated rings. The van der Waals surface area contributed by atoms with Crippen LogP contribution in [0.5, 0.6) is 5.75 Å². The van der Waals surface area contributed by atoms with E-state index >= 15 is 0 Å². The molecule has 84 valence electrons. The molecule has 0 amide bonds. The number of aromatic nitrogens is 1. The predicted octanol–water partition coefficient (Wildman–Crippen LogP) is 1.30. The highest BCUT2D eigenvalue weighted by Crippen LogP contribution is 2.21. The van der Waals surface area contributed by atoms with Gasteiger partial charge in [-0.05, 0) is 25.6 Å². The molecule has 0 saturated carbocycles. The molecule has 0 unspecified atom stereocenters. The van der Waals surface area contributed by atoms with Gasteiger partial charge in [0.05, 0.1) is 18.2 Å². The summed E-state index contributed by atoms with van der Waals surface area (Å²) < 4.78 is 5.64. The van der Waals surface area contributed by atoms with Gasteiger partial charge >= 0.3 is 0 Å². The van der Waals surface area contributed by atoms with Crippen molar-refractivity contribution in [1.82, 2.24) is 9.88 Å². The third kappa shape index (κ3) is 2.50. The molecule has 4 heteroatoms. The minimum absolute atomic E-state index is 0.146. The highest BCUT2D eigenvalue weighted by molar-refractivity contribution is 5.15. The van der Waals surface area contributed by atoms with Crippen LogP contribution in [0.3, 0.4) is 0 Å². The van der Waals surface area contributed by atoms with E-state index in [1.807, 2.05) is 19.2 Å². The van der Waals surface area contributed by atoms with E-state index in [0.717, 1.165) is 18.7 Å². The number of pyridine rings is 1. The zero-order valence-corrected chi connectivity index (χ0v) is 9.34. The number of rotatable bonds is 3. The van der Waals surface area contributed by atoms with Gasteiger partial charge in [0.25, 0.3) is 0 Å². The van der Waals surface area contributed by atoms with Crippen LogP contribution in [0.2, 0.25) is 0 Å². The lowest BCUT2D eigenvalue weighted by Gasteiger charge is -2.19. The van der Waals surface area contributed by atoms with Gasteiger partial charge in [-0.1, -0.05) is 0 Å². The lowest BCUT2D eigenvalue weighted by atomic mass is 10.1. The third-order valence-electron chi connectivity index (χ3n) is 2.95. The Morgan fingerprint density at radius 3 is 3.19 bits per heavy atom. The Morgan fingerprint density at radius 1 is 1.69 bits per heavy atom. The summed E-state index contributed by atoms with van der Waals surface area (Å²) in [7, 11) is 2.04. The average molecular weight is 217 g/mol. The molecule has 0 N–H and O–H groups in total. The Bertz CT molecular complexity index is 374. The number of likely N-dealkylation sites (tertiary alicyclic amines) is 1. The maximum Gasteiger partial charge on any atom is 0.137 e. The van der Waals surface area contributed by atoms with Gasteiger partial charge in [0, 0.05) is 18.8 Å². The van der Waals surface area contributed by atoms with Gasteiger partial charge < -0.3 is 4.74 Å². The first-order valence-corrected chi connectivity index (χ1v) is 5.42. The standard InChI is InChI=1S/C12H15N3O/c1-15-8-10(6-13)5-11(15)9-16-12-3-2-4-14-7-12/h2-4,7,10-11H,5,8-9H2,1H3/t10-,11+/m1/s1. The molecule has 2 rings (SSSR count). The van der Waals surface area contributed by atoms with Crippen molar-refractivity contribution in [2.45, 2.75) is 12.5 Å². The summed E-state index contributed by atoms with van der Waals surface area (Å²) in [6, 6.07) is 6.40. The monoisotopic (exact) mass is 217 g/mol. The summed E-state index contributed by atoms with van der Waals surface area (Å²) in [4.78, 5) is 6.17. The van der Waals surface area contributed by atoms with Crippen LogP contribution in [0.15, 0.2) is 24.5 Å². The quantitative estimate of drug-likeness (QED) is 0.765.